The number of thioether (sulfide) groups is 2. The van der Waals surface area contributed by atoms with Crippen LogP contribution < -0.4 is 10.6 Å². The Balaban J connectivity index is 0.00000242. The van der Waals surface area contributed by atoms with Gasteiger partial charge in [-0.3, -0.25) is 4.79 Å². The first-order chi connectivity index (χ1) is 10.0. The summed E-state index contributed by atoms with van der Waals surface area (Å²) in [6.45, 7) is 5.25. The zero-order chi connectivity index (χ0) is 15.2. The summed E-state index contributed by atoms with van der Waals surface area (Å²) in [5.74, 6) is 2.17. The fourth-order valence-electron chi connectivity index (χ4n) is 2.13. The molecule has 0 radical (unpaired) electrons. The molecule has 1 amide bonds. The van der Waals surface area contributed by atoms with Gasteiger partial charge in [0.15, 0.2) is 0 Å². The lowest BCUT2D eigenvalue weighted by Crippen LogP contribution is -2.39. The SMILES string of the molecule is CC(C)Sc1ccc(Cl)cc1NC(=O)CC1CSCCN1.Cl. The number of carbonyl (C=O) groups excluding carboxylic acids is 1. The van der Waals surface area contributed by atoms with Crippen molar-refractivity contribution in [1.82, 2.24) is 5.32 Å². The first-order valence-electron chi connectivity index (χ1n) is 7.12. The second-order valence-electron chi connectivity index (χ2n) is 5.29. The molecule has 3 nitrogen and oxygen atoms in total. The molecule has 7 heteroatoms. The van der Waals surface area contributed by atoms with Crippen LogP contribution in [0.1, 0.15) is 20.3 Å². The zero-order valence-electron chi connectivity index (χ0n) is 12.7. The highest BCUT2D eigenvalue weighted by molar-refractivity contribution is 8.00. The number of hydrogen-bond acceptors (Lipinski definition) is 4. The standard InChI is InChI=1S/C15H21ClN2OS2.ClH/c1-10(2)21-14-4-3-11(16)7-13(14)18-15(19)8-12-9-20-6-5-17-12;/h3-4,7,10,12,17H,5-6,8-9H2,1-2H3,(H,18,19);1H. The van der Waals surface area contributed by atoms with Crippen LogP contribution in [-0.2, 0) is 4.79 Å². The molecule has 1 atom stereocenters. The van der Waals surface area contributed by atoms with Crippen molar-refractivity contribution in [2.24, 2.45) is 0 Å². The second-order valence-corrected chi connectivity index (χ2v) is 8.49. The van der Waals surface area contributed by atoms with Gasteiger partial charge in [-0.1, -0.05) is 25.4 Å². The molecule has 1 aliphatic heterocycles. The molecule has 1 saturated heterocycles. The summed E-state index contributed by atoms with van der Waals surface area (Å²) in [5, 5.41) is 7.49. The maximum Gasteiger partial charge on any atom is 0.226 e. The molecular weight excluding hydrogens is 359 g/mol. The van der Waals surface area contributed by atoms with Gasteiger partial charge in [0.05, 0.1) is 5.69 Å². The third-order valence-electron chi connectivity index (χ3n) is 3.01. The van der Waals surface area contributed by atoms with E-state index in [9.17, 15) is 4.79 Å². The van der Waals surface area contributed by atoms with Gasteiger partial charge in [-0.25, -0.2) is 0 Å². The topological polar surface area (TPSA) is 41.1 Å². The molecule has 1 aliphatic rings. The highest BCUT2D eigenvalue weighted by atomic mass is 35.5. The number of benzene rings is 1. The van der Waals surface area contributed by atoms with Crippen LogP contribution in [0.4, 0.5) is 5.69 Å². The number of hydrogen-bond donors (Lipinski definition) is 2. The fourth-order valence-corrected chi connectivity index (χ4v) is 4.15. The first-order valence-corrected chi connectivity index (χ1v) is 9.53. The first kappa shape index (κ1) is 20.0. The van der Waals surface area contributed by atoms with E-state index < -0.39 is 0 Å². The van der Waals surface area contributed by atoms with Crippen LogP contribution in [0.2, 0.25) is 5.02 Å². The fraction of sp³-hybridized carbons (Fsp3) is 0.533. The van der Waals surface area contributed by atoms with E-state index in [4.69, 9.17) is 11.6 Å². The molecule has 1 aromatic carbocycles. The lowest BCUT2D eigenvalue weighted by Gasteiger charge is -2.22. The summed E-state index contributed by atoms with van der Waals surface area (Å²) in [6.07, 6.45) is 0.505. The minimum Gasteiger partial charge on any atom is -0.325 e. The summed E-state index contributed by atoms with van der Waals surface area (Å²) in [5.41, 5.74) is 0.815. The molecule has 0 aliphatic carbocycles. The van der Waals surface area contributed by atoms with Crippen LogP contribution >= 0.6 is 47.5 Å². The Morgan fingerprint density at radius 1 is 1.55 bits per heavy atom. The van der Waals surface area contributed by atoms with Gasteiger partial charge in [-0.15, -0.1) is 24.2 Å². The number of amides is 1. The number of nitrogens with one attached hydrogen (secondary N) is 2. The second kappa shape index (κ2) is 9.93. The normalized spacial score (nSPS) is 17.9. The number of halogens is 2. The minimum absolute atomic E-state index is 0. The molecule has 1 fully saturated rings. The number of carbonyl (C=O) groups is 1. The maximum absolute atomic E-state index is 12.2. The van der Waals surface area contributed by atoms with Gasteiger partial charge in [-0.05, 0) is 18.2 Å². The van der Waals surface area contributed by atoms with E-state index >= 15 is 0 Å². The van der Waals surface area contributed by atoms with Gasteiger partial charge >= 0.3 is 0 Å². The van der Waals surface area contributed by atoms with E-state index in [2.05, 4.69) is 24.5 Å². The molecule has 0 bridgehead atoms. The van der Waals surface area contributed by atoms with Crippen molar-refractivity contribution in [3.63, 3.8) is 0 Å². The van der Waals surface area contributed by atoms with Gasteiger partial charge in [0.2, 0.25) is 5.91 Å². The van der Waals surface area contributed by atoms with Crippen LogP contribution in [0, 0.1) is 0 Å². The molecule has 1 aromatic rings. The van der Waals surface area contributed by atoms with Crippen molar-refractivity contribution in [2.45, 2.75) is 36.5 Å². The van der Waals surface area contributed by atoms with E-state index in [1.807, 2.05) is 30.0 Å². The predicted octanol–water partition coefficient (Wildman–Crippen LogP) is 4.30. The molecular formula is C15H22Cl2N2OS2. The quantitative estimate of drug-likeness (QED) is 0.747. The van der Waals surface area contributed by atoms with Gasteiger partial charge in [0.25, 0.3) is 0 Å². The Morgan fingerprint density at radius 2 is 2.32 bits per heavy atom. The monoisotopic (exact) mass is 380 g/mol. The predicted molar refractivity (Wildman–Crippen MR) is 102 cm³/mol. The van der Waals surface area contributed by atoms with E-state index in [0.29, 0.717) is 16.7 Å². The molecule has 22 heavy (non-hydrogen) atoms. The van der Waals surface area contributed by atoms with Crippen molar-refractivity contribution >= 4 is 59.1 Å². The molecule has 0 aromatic heterocycles. The van der Waals surface area contributed by atoms with Gasteiger partial charge in [-0.2, -0.15) is 11.8 Å². The smallest absolute Gasteiger partial charge is 0.226 e. The Kier molecular flexibility index (Phi) is 9.02. The third-order valence-corrected chi connectivity index (χ3v) is 5.46. The lowest BCUT2D eigenvalue weighted by atomic mass is 10.2. The maximum atomic E-state index is 12.2. The Morgan fingerprint density at radius 3 is 2.95 bits per heavy atom. The average Bonchev–Trinajstić information content (AvgIpc) is 2.42. The highest BCUT2D eigenvalue weighted by Gasteiger charge is 2.17. The summed E-state index contributed by atoms with van der Waals surface area (Å²) in [6, 6.07) is 5.93. The molecule has 2 N–H and O–H groups in total. The Hall–Kier alpha value is -0.0700. The van der Waals surface area contributed by atoms with Crippen molar-refractivity contribution < 1.29 is 4.79 Å². The minimum atomic E-state index is 0. The van der Waals surface area contributed by atoms with Crippen LogP contribution in [0.15, 0.2) is 23.1 Å². The molecule has 2 rings (SSSR count). The van der Waals surface area contributed by atoms with Gasteiger partial charge < -0.3 is 10.6 Å². The molecule has 1 unspecified atom stereocenters. The third kappa shape index (κ3) is 6.59. The Bertz CT molecular complexity index is 494. The van der Waals surface area contributed by atoms with Crippen molar-refractivity contribution in [3.8, 4) is 0 Å². The van der Waals surface area contributed by atoms with Crippen LogP contribution in [0.3, 0.4) is 0 Å². The van der Waals surface area contributed by atoms with Gasteiger partial charge in [0.1, 0.15) is 0 Å². The summed E-state index contributed by atoms with van der Waals surface area (Å²) >= 11 is 9.68. The summed E-state index contributed by atoms with van der Waals surface area (Å²) in [7, 11) is 0. The van der Waals surface area contributed by atoms with Crippen LogP contribution in [0.25, 0.3) is 0 Å². The molecule has 0 spiro atoms. The summed E-state index contributed by atoms with van der Waals surface area (Å²) in [4.78, 5) is 13.3. The van der Waals surface area contributed by atoms with E-state index in [1.165, 1.54) is 0 Å². The largest absolute Gasteiger partial charge is 0.325 e. The van der Waals surface area contributed by atoms with E-state index in [0.717, 1.165) is 28.6 Å². The zero-order valence-corrected chi connectivity index (χ0v) is 15.9. The number of anilines is 1. The number of rotatable bonds is 5. The molecule has 0 saturated carbocycles. The average molecular weight is 381 g/mol. The van der Waals surface area contributed by atoms with Crippen molar-refractivity contribution in [1.29, 1.82) is 0 Å². The highest BCUT2D eigenvalue weighted by Crippen LogP contribution is 2.32. The van der Waals surface area contributed by atoms with Gasteiger partial charge in [0, 0.05) is 45.7 Å². The molecule has 1 heterocycles. The van der Waals surface area contributed by atoms with Crippen molar-refractivity contribution in [3.05, 3.63) is 23.2 Å². The molecule has 124 valence electrons. The Labute approximate surface area is 152 Å². The lowest BCUT2D eigenvalue weighted by molar-refractivity contribution is -0.116. The van der Waals surface area contributed by atoms with E-state index in [1.54, 1.807) is 11.8 Å². The van der Waals surface area contributed by atoms with Crippen LogP contribution in [0.5, 0.6) is 0 Å². The van der Waals surface area contributed by atoms with Crippen molar-refractivity contribution in [2.75, 3.05) is 23.4 Å². The van der Waals surface area contributed by atoms with E-state index in [-0.39, 0.29) is 24.4 Å². The van der Waals surface area contributed by atoms with Crippen LogP contribution in [-0.4, -0.2) is 35.2 Å². The summed E-state index contributed by atoms with van der Waals surface area (Å²) < 4.78 is 0.